The Hall–Kier alpha value is -1.06. The molecule has 3 aromatic rings. The number of hydrogen-bond acceptors (Lipinski definition) is 1. The van der Waals surface area contributed by atoms with E-state index in [4.69, 9.17) is 4.42 Å². The number of hydrogen-bond donors (Lipinski definition) is 0. The van der Waals surface area contributed by atoms with E-state index in [9.17, 15) is 0 Å². The Morgan fingerprint density at radius 3 is 2.30 bits per heavy atom. The van der Waals surface area contributed by atoms with Gasteiger partial charge in [-0.2, -0.15) is 0 Å². The van der Waals surface area contributed by atoms with Crippen LogP contribution in [0, 0.1) is 13.8 Å². The van der Waals surface area contributed by atoms with Crippen LogP contribution >= 0.6 is 31.9 Å². The van der Waals surface area contributed by atoms with Gasteiger partial charge in [0.1, 0.15) is 11.5 Å². The lowest BCUT2D eigenvalue weighted by Crippen LogP contribution is -1.94. The Kier molecular flexibility index (Phi) is 3.74. The fourth-order valence-corrected chi connectivity index (χ4v) is 3.91. The molecule has 1 nitrogen and oxygen atoms in total. The third-order valence-electron chi connectivity index (χ3n) is 3.53. The molecule has 3 heteroatoms. The van der Waals surface area contributed by atoms with Crippen LogP contribution in [0.25, 0.3) is 10.8 Å². The number of fused-ring (bicyclic) bond motifs is 1. The molecule has 0 aliphatic heterocycles. The molecule has 0 spiro atoms. The van der Waals surface area contributed by atoms with Gasteiger partial charge in [-0.3, -0.25) is 0 Å². The van der Waals surface area contributed by atoms with E-state index in [1.165, 1.54) is 21.9 Å². The third-order valence-corrected chi connectivity index (χ3v) is 5.21. The van der Waals surface area contributed by atoms with E-state index in [0.717, 1.165) is 16.0 Å². The zero-order valence-corrected chi connectivity index (χ0v) is 14.5. The summed E-state index contributed by atoms with van der Waals surface area (Å²) >= 11 is 7.45. The summed E-state index contributed by atoms with van der Waals surface area (Å²) in [6, 6.07) is 14.8. The van der Waals surface area contributed by atoms with Crippen LogP contribution in [0.4, 0.5) is 0 Å². The van der Waals surface area contributed by atoms with E-state index in [1.807, 2.05) is 13.8 Å². The molecule has 0 fully saturated rings. The molecule has 0 saturated heterocycles. The lowest BCUT2D eigenvalue weighted by atomic mass is 9.98. The van der Waals surface area contributed by atoms with Gasteiger partial charge < -0.3 is 4.42 Å². The Balaban J connectivity index is 2.20. The summed E-state index contributed by atoms with van der Waals surface area (Å²) in [5.41, 5.74) is 2.45. The molecule has 1 atom stereocenters. The fraction of sp³-hybridized carbons (Fsp3) is 0.176. The molecular weight excluding hydrogens is 380 g/mol. The zero-order valence-electron chi connectivity index (χ0n) is 11.3. The van der Waals surface area contributed by atoms with E-state index < -0.39 is 0 Å². The maximum atomic E-state index is 5.65. The SMILES string of the molecule is Cc1cc(C(Br)c2ccc(Br)c3ccccc23)c(C)o1. The first-order valence-electron chi connectivity index (χ1n) is 6.46. The number of rotatable bonds is 2. The maximum absolute atomic E-state index is 5.65. The molecule has 0 saturated carbocycles. The lowest BCUT2D eigenvalue weighted by Gasteiger charge is -2.13. The molecule has 0 radical (unpaired) electrons. The molecule has 20 heavy (non-hydrogen) atoms. The second-order valence-electron chi connectivity index (χ2n) is 4.91. The molecule has 1 aromatic heterocycles. The predicted molar refractivity (Wildman–Crippen MR) is 90.6 cm³/mol. The average Bonchev–Trinajstić information content (AvgIpc) is 2.78. The van der Waals surface area contributed by atoms with Crippen LogP contribution in [-0.4, -0.2) is 0 Å². The van der Waals surface area contributed by atoms with Crippen molar-refractivity contribution in [2.45, 2.75) is 18.7 Å². The number of aryl methyl sites for hydroxylation is 2. The van der Waals surface area contributed by atoms with Gasteiger partial charge in [0.2, 0.25) is 0 Å². The Morgan fingerprint density at radius 1 is 0.950 bits per heavy atom. The number of alkyl halides is 1. The monoisotopic (exact) mass is 392 g/mol. The van der Waals surface area contributed by atoms with Crippen molar-refractivity contribution in [2.24, 2.45) is 0 Å². The van der Waals surface area contributed by atoms with E-state index in [1.54, 1.807) is 0 Å². The molecule has 0 aliphatic carbocycles. The summed E-state index contributed by atoms with van der Waals surface area (Å²) in [5, 5.41) is 2.48. The van der Waals surface area contributed by atoms with Crippen LogP contribution in [0.1, 0.15) is 27.5 Å². The molecule has 1 heterocycles. The van der Waals surface area contributed by atoms with Crippen LogP contribution in [0.5, 0.6) is 0 Å². The van der Waals surface area contributed by atoms with Gasteiger partial charge in [-0.15, -0.1) is 0 Å². The van der Waals surface area contributed by atoms with Crippen LogP contribution in [0.2, 0.25) is 0 Å². The quantitative estimate of drug-likeness (QED) is 0.466. The summed E-state index contributed by atoms with van der Waals surface area (Å²) < 4.78 is 6.78. The standard InChI is InChI=1S/C17H14Br2O/c1-10-9-15(11(2)20-10)17(19)14-7-8-16(18)13-6-4-3-5-12(13)14/h3-9,17H,1-2H3. The minimum Gasteiger partial charge on any atom is -0.466 e. The third kappa shape index (κ3) is 2.33. The van der Waals surface area contributed by atoms with Gasteiger partial charge in [-0.1, -0.05) is 62.2 Å². The second-order valence-corrected chi connectivity index (χ2v) is 6.68. The summed E-state index contributed by atoms with van der Waals surface area (Å²) in [6.45, 7) is 3.99. The average molecular weight is 394 g/mol. The highest BCUT2D eigenvalue weighted by Crippen LogP contribution is 2.39. The summed E-state index contributed by atoms with van der Waals surface area (Å²) in [7, 11) is 0. The largest absolute Gasteiger partial charge is 0.466 e. The zero-order chi connectivity index (χ0) is 14.3. The van der Waals surface area contributed by atoms with Crippen molar-refractivity contribution in [3.63, 3.8) is 0 Å². The summed E-state index contributed by atoms with van der Waals surface area (Å²) in [5.74, 6) is 1.92. The van der Waals surface area contributed by atoms with E-state index in [2.05, 4.69) is 74.3 Å². The van der Waals surface area contributed by atoms with E-state index >= 15 is 0 Å². The van der Waals surface area contributed by atoms with Crippen molar-refractivity contribution in [1.82, 2.24) is 0 Å². The van der Waals surface area contributed by atoms with Crippen molar-refractivity contribution in [2.75, 3.05) is 0 Å². The van der Waals surface area contributed by atoms with Crippen LogP contribution in [0.15, 0.2) is 51.4 Å². The molecule has 3 rings (SSSR count). The topological polar surface area (TPSA) is 13.1 Å². The van der Waals surface area contributed by atoms with Crippen molar-refractivity contribution in [3.8, 4) is 0 Å². The molecule has 2 aromatic carbocycles. The first-order chi connectivity index (χ1) is 9.58. The van der Waals surface area contributed by atoms with Gasteiger partial charge in [0.25, 0.3) is 0 Å². The van der Waals surface area contributed by atoms with Gasteiger partial charge in [-0.25, -0.2) is 0 Å². The summed E-state index contributed by atoms with van der Waals surface area (Å²) in [4.78, 5) is 0.137. The van der Waals surface area contributed by atoms with Gasteiger partial charge in [0.15, 0.2) is 0 Å². The lowest BCUT2D eigenvalue weighted by molar-refractivity contribution is 0.502. The molecule has 0 N–H and O–H groups in total. The highest BCUT2D eigenvalue weighted by molar-refractivity contribution is 9.10. The van der Waals surface area contributed by atoms with E-state index in [0.29, 0.717) is 0 Å². The van der Waals surface area contributed by atoms with E-state index in [-0.39, 0.29) is 4.83 Å². The van der Waals surface area contributed by atoms with Gasteiger partial charge in [-0.05, 0) is 42.3 Å². The number of benzene rings is 2. The van der Waals surface area contributed by atoms with Crippen molar-refractivity contribution in [1.29, 1.82) is 0 Å². The van der Waals surface area contributed by atoms with Gasteiger partial charge in [0.05, 0.1) is 4.83 Å². The van der Waals surface area contributed by atoms with Crippen molar-refractivity contribution >= 4 is 42.6 Å². The highest BCUT2D eigenvalue weighted by atomic mass is 79.9. The number of halogens is 2. The molecular formula is C17H14Br2O. The van der Waals surface area contributed by atoms with Crippen LogP contribution in [-0.2, 0) is 0 Å². The van der Waals surface area contributed by atoms with Crippen molar-refractivity contribution < 1.29 is 4.42 Å². The van der Waals surface area contributed by atoms with Gasteiger partial charge >= 0.3 is 0 Å². The smallest absolute Gasteiger partial charge is 0.105 e. The maximum Gasteiger partial charge on any atom is 0.105 e. The van der Waals surface area contributed by atoms with Crippen LogP contribution in [0.3, 0.4) is 0 Å². The van der Waals surface area contributed by atoms with Crippen LogP contribution < -0.4 is 0 Å². The Bertz CT molecular complexity index is 774. The first kappa shape index (κ1) is 13.9. The van der Waals surface area contributed by atoms with Crippen molar-refractivity contribution in [3.05, 3.63) is 69.6 Å². The molecule has 1 unspecified atom stereocenters. The summed E-state index contributed by atoms with van der Waals surface area (Å²) in [6.07, 6.45) is 0. The number of furan rings is 1. The predicted octanol–water partition coefficient (Wildman–Crippen LogP) is 6.30. The first-order valence-corrected chi connectivity index (χ1v) is 8.17. The molecule has 0 amide bonds. The second kappa shape index (κ2) is 5.38. The molecule has 0 bridgehead atoms. The molecule has 102 valence electrons. The highest BCUT2D eigenvalue weighted by Gasteiger charge is 2.18. The normalized spacial score (nSPS) is 12.8. The Labute approximate surface area is 135 Å². The minimum atomic E-state index is 0.137. The fourth-order valence-electron chi connectivity index (χ4n) is 2.58. The molecule has 0 aliphatic rings. The Morgan fingerprint density at radius 2 is 1.65 bits per heavy atom. The minimum absolute atomic E-state index is 0.137. The van der Waals surface area contributed by atoms with Gasteiger partial charge in [0, 0.05) is 10.0 Å².